The van der Waals surface area contributed by atoms with E-state index in [4.69, 9.17) is 13.7 Å². The number of aromatic nitrogens is 3. The highest BCUT2D eigenvalue weighted by Gasteiger charge is 2.17. The van der Waals surface area contributed by atoms with Gasteiger partial charge in [-0.3, -0.25) is 4.57 Å². The number of benzene rings is 1. The predicted octanol–water partition coefficient (Wildman–Crippen LogP) is 2.07. The van der Waals surface area contributed by atoms with Crippen LogP contribution in [0, 0.1) is 0 Å². The molecule has 1 atom stereocenters. The van der Waals surface area contributed by atoms with Gasteiger partial charge in [-0.05, 0) is 26.0 Å². The molecule has 0 aliphatic carbocycles. The molecule has 10 heteroatoms. The van der Waals surface area contributed by atoms with E-state index < -0.39 is 17.8 Å². The number of fused-ring (bicyclic) bond motifs is 1. The summed E-state index contributed by atoms with van der Waals surface area (Å²) in [6, 6.07) is 4.10. The van der Waals surface area contributed by atoms with Crippen molar-refractivity contribution in [3.8, 4) is 0 Å². The van der Waals surface area contributed by atoms with Gasteiger partial charge in [-0.1, -0.05) is 5.16 Å². The summed E-state index contributed by atoms with van der Waals surface area (Å²) in [4.78, 5) is 28.2. The first kappa shape index (κ1) is 18.6. The summed E-state index contributed by atoms with van der Waals surface area (Å²) < 4.78 is 16.8. The summed E-state index contributed by atoms with van der Waals surface area (Å²) in [6.45, 7) is 4.58. The highest BCUT2D eigenvalue weighted by Crippen LogP contribution is 2.19. The van der Waals surface area contributed by atoms with Crippen molar-refractivity contribution in [3.05, 3.63) is 40.5 Å². The fourth-order valence-corrected chi connectivity index (χ4v) is 2.61. The Balaban J connectivity index is 1.64. The lowest BCUT2D eigenvalue weighted by Crippen LogP contribution is -2.31. The third-order valence-corrected chi connectivity index (χ3v) is 3.97. The number of anilines is 1. The minimum Gasteiger partial charge on any atom is -0.408 e. The summed E-state index contributed by atoms with van der Waals surface area (Å²) >= 11 is 0. The number of carbonyl (C=O) groups excluding carboxylic acids is 1. The molecule has 0 saturated carbocycles. The topological polar surface area (TPSA) is 124 Å². The number of rotatable bonds is 7. The second-order valence-electron chi connectivity index (χ2n) is 5.91. The van der Waals surface area contributed by atoms with Crippen LogP contribution in [0.1, 0.15) is 31.6 Å². The van der Waals surface area contributed by atoms with Gasteiger partial charge in [0.15, 0.2) is 11.4 Å². The third kappa shape index (κ3) is 4.17. The first-order valence-corrected chi connectivity index (χ1v) is 8.54. The van der Waals surface area contributed by atoms with Crippen molar-refractivity contribution in [1.29, 1.82) is 0 Å². The molecule has 0 aliphatic rings. The van der Waals surface area contributed by atoms with Crippen molar-refractivity contribution in [2.75, 3.05) is 19.0 Å². The molecule has 0 bridgehead atoms. The zero-order valence-electron chi connectivity index (χ0n) is 15.3. The monoisotopic (exact) mass is 375 g/mol. The van der Waals surface area contributed by atoms with E-state index in [1.54, 1.807) is 32.2 Å². The van der Waals surface area contributed by atoms with Gasteiger partial charge < -0.3 is 24.3 Å². The molecule has 2 N–H and O–H groups in total. The maximum absolute atomic E-state index is 12.2. The van der Waals surface area contributed by atoms with Crippen LogP contribution >= 0.6 is 0 Å². The first-order chi connectivity index (χ1) is 13.0. The number of oxazole rings is 1. The first-order valence-electron chi connectivity index (χ1n) is 8.54. The number of carbonyl (C=O) groups is 1. The standard InChI is InChI=1S/C17H21N5O5/c1-4-22-12-6-5-11(9-13(12)26-17(22)24)19-16(23)18-10(2)15-20-14(21-27-15)7-8-25-3/h5-6,9-10H,4,7-8H2,1-3H3,(H2,18,19,23). The zero-order valence-corrected chi connectivity index (χ0v) is 15.3. The van der Waals surface area contributed by atoms with Crippen molar-refractivity contribution >= 4 is 22.8 Å². The van der Waals surface area contributed by atoms with Crippen LogP contribution < -0.4 is 16.4 Å². The average Bonchev–Trinajstić information content (AvgIpc) is 3.22. The number of amides is 2. The smallest absolute Gasteiger partial charge is 0.408 e. The highest BCUT2D eigenvalue weighted by atomic mass is 16.5. The van der Waals surface area contributed by atoms with Gasteiger partial charge in [0.05, 0.1) is 12.1 Å². The molecule has 0 fully saturated rings. The van der Waals surface area contributed by atoms with Crippen LogP contribution in [-0.4, -0.2) is 34.5 Å². The minimum atomic E-state index is -0.475. The molecule has 0 spiro atoms. The van der Waals surface area contributed by atoms with Crippen molar-refractivity contribution in [2.45, 2.75) is 32.9 Å². The van der Waals surface area contributed by atoms with Crippen LogP contribution in [0.15, 0.2) is 31.9 Å². The largest absolute Gasteiger partial charge is 0.419 e. The van der Waals surface area contributed by atoms with Gasteiger partial charge in [-0.15, -0.1) is 0 Å². The van der Waals surface area contributed by atoms with Crippen molar-refractivity contribution < 1.29 is 18.5 Å². The maximum atomic E-state index is 12.2. The fraction of sp³-hybridized carbons (Fsp3) is 0.412. The number of methoxy groups -OCH3 is 1. The van der Waals surface area contributed by atoms with Gasteiger partial charge in [-0.25, -0.2) is 9.59 Å². The van der Waals surface area contributed by atoms with Gasteiger partial charge in [-0.2, -0.15) is 4.98 Å². The third-order valence-electron chi connectivity index (χ3n) is 3.97. The number of hydrogen-bond acceptors (Lipinski definition) is 7. The lowest BCUT2D eigenvalue weighted by atomic mass is 10.3. The predicted molar refractivity (Wildman–Crippen MR) is 96.6 cm³/mol. The Labute approximate surface area is 154 Å². The molecular weight excluding hydrogens is 354 g/mol. The van der Waals surface area contributed by atoms with Gasteiger partial charge in [0.25, 0.3) is 0 Å². The Kier molecular flexibility index (Phi) is 5.55. The van der Waals surface area contributed by atoms with Gasteiger partial charge in [0, 0.05) is 31.8 Å². The van der Waals surface area contributed by atoms with Crippen molar-refractivity contribution in [1.82, 2.24) is 20.0 Å². The number of nitrogens with zero attached hydrogens (tertiary/aromatic N) is 3. The number of hydrogen-bond donors (Lipinski definition) is 2. The Morgan fingerprint density at radius 3 is 2.96 bits per heavy atom. The summed E-state index contributed by atoms with van der Waals surface area (Å²) in [5.41, 5.74) is 1.58. The van der Waals surface area contributed by atoms with E-state index in [-0.39, 0.29) is 0 Å². The lowest BCUT2D eigenvalue weighted by molar-refractivity contribution is 0.199. The summed E-state index contributed by atoms with van der Waals surface area (Å²) in [5.74, 6) is 0.392. The Morgan fingerprint density at radius 2 is 2.22 bits per heavy atom. The van der Waals surface area contributed by atoms with Crippen LogP contribution in [-0.2, 0) is 17.7 Å². The van der Waals surface area contributed by atoms with Crippen molar-refractivity contribution in [3.63, 3.8) is 0 Å². The molecule has 144 valence electrons. The molecule has 10 nitrogen and oxygen atoms in total. The molecule has 0 saturated heterocycles. The second-order valence-corrected chi connectivity index (χ2v) is 5.91. The Morgan fingerprint density at radius 1 is 1.41 bits per heavy atom. The van der Waals surface area contributed by atoms with E-state index in [9.17, 15) is 9.59 Å². The average molecular weight is 375 g/mol. The molecule has 1 aromatic carbocycles. The highest BCUT2D eigenvalue weighted by molar-refractivity contribution is 5.91. The molecule has 2 heterocycles. The zero-order chi connectivity index (χ0) is 19.4. The van der Waals surface area contributed by atoms with Crippen LogP contribution in [0.3, 0.4) is 0 Å². The normalized spacial score (nSPS) is 12.3. The van der Waals surface area contributed by atoms with E-state index in [1.165, 1.54) is 4.57 Å². The van der Waals surface area contributed by atoms with E-state index in [0.29, 0.717) is 48.1 Å². The fourth-order valence-electron chi connectivity index (χ4n) is 2.61. The van der Waals surface area contributed by atoms with Gasteiger partial charge in [0.1, 0.15) is 6.04 Å². The molecule has 0 radical (unpaired) electrons. The van der Waals surface area contributed by atoms with Crippen LogP contribution in [0.5, 0.6) is 0 Å². The minimum absolute atomic E-state index is 0.303. The van der Waals surface area contributed by atoms with Crippen LogP contribution in [0.4, 0.5) is 10.5 Å². The molecule has 2 amide bonds. The molecule has 27 heavy (non-hydrogen) atoms. The van der Waals surface area contributed by atoms with Crippen LogP contribution in [0.25, 0.3) is 11.1 Å². The molecule has 0 aliphatic heterocycles. The number of nitrogens with one attached hydrogen (secondary N) is 2. The molecular formula is C17H21N5O5. The molecule has 1 unspecified atom stereocenters. The Hall–Kier alpha value is -3.14. The Bertz CT molecular complexity index is 989. The summed E-state index contributed by atoms with van der Waals surface area (Å²) in [5, 5.41) is 9.24. The van der Waals surface area contributed by atoms with Gasteiger partial charge in [0.2, 0.25) is 5.89 Å². The van der Waals surface area contributed by atoms with E-state index in [0.717, 1.165) is 0 Å². The summed E-state index contributed by atoms with van der Waals surface area (Å²) in [7, 11) is 1.59. The SMILES string of the molecule is CCn1c(=O)oc2cc(NC(=O)NC(C)c3nc(CCOC)no3)ccc21. The molecule has 3 aromatic rings. The second kappa shape index (κ2) is 8.04. The lowest BCUT2D eigenvalue weighted by Gasteiger charge is -2.11. The van der Waals surface area contributed by atoms with E-state index >= 15 is 0 Å². The number of ether oxygens (including phenoxy) is 1. The molecule has 2 aromatic heterocycles. The number of urea groups is 1. The van der Waals surface area contributed by atoms with E-state index in [1.807, 2.05) is 6.92 Å². The summed E-state index contributed by atoms with van der Waals surface area (Å²) in [6.07, 6.45) is 0.529. The van der Waals surface area contributed by atoms with Crippen LogP contribution in [0.2, 0.25) is 0 Å². The quantitative estimate of drug-likeness (QED) is 0.647. The molecule has 3 rings (SSSR count). The van der Waals surface area contributed by atoms with Gasteiger partial charge >= 0.3 is 11.8 Å². The number of aryl methyl sites for hydroxylation is 1. The van der Waals surface area contributed by atoms with E-state index in [2.05, 4.69) is 20.8 Å². The van der Waals surface area contributed by atoms with Crippen molar-refractivity contribution in [2.24, 2.45) is 0 Å². The maximum Gasteiger partial charge on any atom is 0.419 e.